The highest BCUT2D eigenvalue weighted by molar-refractivity contribution is 6.15. The van der Waals surface area contributed by atoms with E-state index in [1.54, 1.807) is 7.11 Å². The average molecular weight is 371 g/mol. The zero-order chi connectivity index (χ0) is 19.3. The molecule has 0 saturated heterocycles. The Hall–Kier alpha value is -3.34. The summed E-state index contributed by atoms with van der Waals surface area (Å²) < 4.78 is 5.58. The fraction of sp³-hybridized carbons (Fsp3) is 0.217. The molecule has 1 saturated carbocycles. The summed E-state index contributed by atoms with van der Waals surface area (Å²) in [5.74, 6) is 0.790. The number of fused-ring (bicyclic) bond motifs is 3. The van der Waals surface area contributed by atoms with Gasteiger partial charge in [0.25, 0.3) is 0 Å². The first kappa shape index (κ1) is 16.8. The number of H-pyrrole nitrogens is 1. The summed E-state index contributed by atoms with van der Waals surface area (Å²) >= 11 is 0. The first-order valence-corrected chi connectivity index (χ1v) is 9.48. The number of aromatic nitrogens is 2. The summed E-state index contributed by atoms with van der Waals surface area (Å²) in [4.78, 5) is 21.4. The van der Waals surface area contributed by atoms with E-state index in [0.717, 1.165) is 69.3 Å². The van der Waals surface area contributed by atoms with Crippen molar-refractivity contribution in [2.24, 2.45) is 0 Å². The van der Waals surface area contributed by atoms with E-state index in [0.29, 0.717) is 6.04 Å². The van der Waals surface area contributed by atoms with Crippen LogP contribution in [-0.4, -0.2) is 29.5 Å². The second-order valence-electron chi connectivity index (χ2n) is 7.39. The van der Waals surface area contributed by atoms with Crippen LogP contribution in [0.4, 0.5) is 5.69 Å². The van der Waals surface area contributed by atoms with Crippen LogP contribution < -0.4 is 9.64 Å². The number of hydrogen-bond donors (Lipinski definition) is 1. The van der Waals surface area contributed by atoms with Gasteiger partial charge in [0.2, 0.25) is 6.41 Å². The Labute approximate surface area is 162 Å². The number of methoxy groups -OCH3 is 1. The van der Waals surface area contributed by atoms with Crippen molar-refractivity contribution in [3.8, 4) is 16.9 Å². The minimum Gasteiger partial charge on any atom is -0.495 e. The van der Waals surface area contributed by atoms with Gasteiger partial charge >= 0.3 is 0 Å². The lowest BCUT2D eigenvalue weighted by molar-refractivity contribution is -0.107. The highest BCUT2D eigenvalue weighted by Gasteiger charge is 2.29. The lowest BCUT2D eigenvalue weighted by Crippen LogP contribution is -2.23. The molecule has 5 nitrogen and oxygen atoms in total. The van der Waals surface area contributed by atoms with Crippen molar-refractivity contribution in [1.29, 1.82) is 0 Å². The van der Waals surface area contributed by atoms with Crippen LogP contribution in [0.15, 0.2) is 48.7 Å². The standard InChI is InChI=1S/C23H21N3O2/c1-14-10-19-21-18(8-9-20(28-2)22(21)25-23(19)24-12-14)15-4-3-5-17(11-15)26(13-27)16-6-7-16/h3-5,8-13,16H,6-7H2,1-2H3,(H,24,25). The fourth-order valence-corrected chi connectivity index (χ4v) is 3.92. The summed E-state index contributed by atoms with van der Waals surface area (Å²) in [5.41, 5.74) is 5.99. The Morgan fingerprint density at radius 1 is 1.21 bits per heavy atom. The highest BCUT2D eigenvalue weighted by Crippen LogP contribution is 2.40. The van der Waals surface area contributed by atoms with Crippen molar-refractivity contribution < 1.29 is 9.53 Å². The van der Waals surface area contributed by atoms with Crippen LogP contribution in [-0.2, 0) is 4.79 Å². The number of ether oxygens (including phenoxy) is 1. The van der Waals surface area contributed by atoms with Gasteiger partial charge in [-0.15, -0.1) is 0 Å². The monoisotopic (exact) mass is 371 g/mol. The van der Waals surface area contributed by atoms with Gasteiger partial charge in [-0.3, -0.25) is 4.79 Å². The normalized spacial score (nSPS) is 13.8. The maximum atomic E-state index is 11.6. The molecule has 0 spiro atoms. The van der Waals surface area contributed by atoms with E-state index in [4.69, 9.17) is 4.74 Å². The van der Waals surface area contributed by atoms with Gasteiger partial charge in [0, 0.05) is 28.7 Å². The number of aryl methyl sites for hydroxylation is 1. The zero-order valence-corrected chi connectivity index (χ0v) is 15.9. The number of benzene rings is 2. The Balaban J connectivity index is 1.76. The molecule has 2 aromatic carbocycles. The van der Waals surface area contributed by atoms with Crippen LogP contribution in [0.2, 0.25) is 0 Å². The topological polar surface area (TPSA) is 58.2 Å². The van der Waals surface area contributed by atoms with Crippen molar-refractivity contribution in [3.05, 3.63) is 54.2 Å². The van der Waals surface area contributed by atoms with Gasteiger partial charge in [-0.1, -0.05) is 12.1 Å². The van der Waals surface area contributed by atoms with E-state index >= 15 is 0 Å². The Morgan fingerprint density at radius 3 is 2.82 bits per heavy atom. The van der Waals surface area contributed by atoms with Crippen LogP contribution in [0.1, 0.15) is 18.4 Å². The van der Waals surface area contributed by atoms with Crippen LogP contribution >= 0.6 is 0 Å². The average Bonchev–Trinajstić information content (AvgIpc) is 3.48. The number of nitrogens with zero attached hydrogens (tertiary/aromatic N) is 2. The molecular formula is C23H21N3O2. The predicted octanol–water partition coefficient (Wildman–Crippen LogP) is 4.83. The number of carbonyl (C=O) groups excluding carboxylic acids is 1. The number of rotatable bonds is 5. The Kier molecular flexibility index (Phi) is 3.83. The lowest BCUT2D eigenvalue weighted by Gasteiger charge is -2.18. The molecule has 2 aromatic heterocycles. The number of anilines is 1. The Morgan fingerprint density at radius 2 is 2.07 bits per heavy atom. The predicted molar refractivity (Wildman–Crippen MR) is 112 cm³/mol. The molecule has 28 heavy (non-hydrogen) atoms. The maximum absolute atomic E-state index is 11.6. The van der Waals surface area contributed by atoms with Crippen molar-refractivity contribution in [3.63, 3.8) is 0 Å². The Bertz CT molecular complexity index is 1210. The molecule has 1 fully saturated rings. The molecule has 0 aliphatic heterocycles. The van der Waals surface area contributed by atoms with Crippen LogP contribution in [0.3, 0.4) is 0 Å². The molecule has 1 N–H and O–H groups in total. The molecule has 0 unspecified atom stereocenters. The number of nitrogens with one attached hydrogen (secondary N) is 1. The number of hydrogen-bond acceptors (Lipinski definition) is 3. The third-order valence-electron chi connectivity index (χ3n) is 5.43. The molecule has 0 radical (unpaired) electrons. The number of amides is 1. The molecule has 1 amide bonds. The van der Waals surface area contributed by atoms with Gasteiger partial charge in [0.05, 0.1) is 12.6 Å². The second kappa shape index (κ2) is 6.37. The molecule has 1 aliphatic carbocycles. The van der Waals surface area contributed by atoms with Crippen LogP contribution in [0, 0.1) is 6.92 Å². The van der Waals surface area contributed by atoms with E-state index < -0.39 is 0 Å². The molecule has 0 atom stereocenters. The minimum atomic E-state index is 0.337. The fourth-order valence-electron chi connectivity index (χ4n) is 3.92. The van der Waals surface area contributed by atoms with Crippen molar-refractivity contribution >= 4 is 34.0 Å². The summed E-state index contributed by atoms with van der Waals surface area (Å²) in [7, 11) is 1.68. The van der Waals surface area contributed by atoms with E-state index in [2.05, 4.69) is 34.2 Å². The van der Waals surface area contributed by atoms with Crippen LogP contribution in [0.5, 0.6) is 5.75 Å². The van der Waals surface area contributed by atoms with Gasteiger partial charge in [-0.2, -0.15) is 0 Å². The number of carbonyl (C=O) groups is 1. The lowest BCUT2D eigenvalue weighted by atomic mass is 9.98. The van der Waals surface area contributed by atoms with Gasteiger partial charge in [-0.05, 0) is 66.8 Å². The molecular weight excluding hydrogens is 350 g/mol. The summed E-state index contributed by atoms with van der Waals surface area (Å²) in [5, 5.41) is 2.16. The summed E-state index contributed by atoms with van der Waals surface area (Å²) in [6.45, 7) is 2.04. The molecule has 140 valence electrons. The van der Waals surface area contributed by atoms with Gasteiger partial charge in [-0.25, -0.2) is 4.98 Å². The number of pyridine rings is 1. The minimum absolute atomic E-state index is 0.337. The molecule has 1 aliphatic rings. The first-order chi connectivity index (χ1) is 13.7. The maximum Gasteiger partial charge on any atom is 0.214 e. The van der Waals surface area contributed by atoms with Gasteiger partial charge in [0.15, 0.2) is 0 Å². The third kappa shape index (κ3) is 2.62. The SMILES string of the molecule is COc1ccc(-c2cccc(N(C=O)C3CC3)c2)c2c1[nH]c1ncc(C)cc12. The molecule has 5 rings (SSSR count). The highest BCUT2D eigenvalue weighted by atomic mass is 16.5. The zero-order valence-electron chi connectivity index (χ0n) is 15.9. The first-order valence-electron chi connectivity index (χ1n) is 9.48. The van der Waals surface area contributed by atoms with Crippen LogP contribution in [0.25, 0.3) is 33.1 Å². The van der Waals surface area contributed by atoms with Crippen molar-refractivity contribution in [1.82, 2.24) is 9.97 Å². The van der Waals surface area contributed by atoms with Crippen molar-refractivity contribution in [2.75, 3.05) is 12.0 Å². The van der Waals surface area contributed by atoms with Crippen molar-refractivity contribution in [2.45, 2.75) is 25.8 Å². The molecule has 4 aromatic rings. The van der Waals surface area contributed by atoms with E-state index in [-0.39, 0.29) is 0 Å². The summed E-state index contributed by atoms with van der Waals surface area (Å²) in [6, 6.07) is 14.7. The number of aromatic amines is 1. The molecule has 5 heteroatoms. The van der Waals surface area contributed by atoms with E-state index in [1.807, 2.05) is 36.2 Å². The van der Waals surface area contributed by atoms with E-state index in [1.165, 1.54) is 0 Å². The van der Waals surface area contributed by atoms with E-state index in [9.17, 15) is 4.79 Å². The molecule has 2 heterocycles. The summed E-state index contributed by atoms with van der Waals surface area (Å²) in [6.07, 6.45) is 4.95. The third-order valence-corrected chi connectivity index (χ3v) is 5.43. The second-order valence-corrected chi connectivity index (χ2v) is 7.39. The van der Waals surface area contributed by atoms with Gasteiger partial charge in [0.1, 0.15) is 11.4 Å². The largest absolute Gasteiger partial charge is 0.495 e. The smallest absolute Gasteiger partial charge is 0.214 e. The quantitative estimate of drug-likeness (QED) is 0.512. The van der Waals surface area contributed by atoms with Gasteiger partial charge < -0.3 is 14.6 Å². The molecule has 0 bridgehead atoms.